The summed E-state index contributed by atoms with van der Waals surface area (Å²) in [6.45, 7) is 4.61. The van der Waals surface area contributed by atoms with Crippen molar-refractivity contribution in [2.45, 2.75) is 329 Å². The van der Waals surface area contributed by atoms with Gasteiger partial charge in [-0.05, 0) is 167 Å². The summed E-state index contributed by atoms with van der Waals surface area (Å²) in [6.07, 6.45) is 86.9. The van der Waals surface area contributed by atoms with Crippen LogP contribution in [0.4, 0.5) is 0 Å². The fourth-order valence-corrected chi connectivity index (χ4v) is 11.7. The molecule has 0 heterocycles. The fraction of sp³-hybridized carbons (Fsp3) is 0.671. The maximum atomic E-state index is 13.1. The molecule has 0 saturated carbocycles. The van der Waals surface area contributed by atoms with Gasteiger partial charge in [-0.1, -0.05) is 263 Å². The number of carbonyl (C=O) groups excluding carboxylic acids is 4. The van der Waals surface area contributed by atoms with Crippen molar-refractivity contribution in [3.8, 4) is 0 Å². The summed E-state index contributed by atoms with van der Waals surface area (Å²) < 4.78 is 68.5. The molecule has 0 amide bonds. The van der Waals surface area contributed by atoms with E-state index in [0.29, 0.717) is 38.5 Å². The van der Waals surface area contributed by atoms with Gasteiger partial charge in [-0.2, -0.15) is 0 Å². The molecule has 0 radical (unpaired) electrons. The lowest BCUT2D eigenvalue weighted by Crippen LogP contribution is -2.30. The number of esters is 4. The SMILES string of the molecule is CCCCC/C=C\C/C=C\C/C=C\C/C=C\CCCC(=O)OC[C@H](COP(=O)(O)OC[C@@H](O)COP(=O)(O)OC[C@@H](COC(=O)CCCCCCC/C=C\C/C=C\CCCCC)OC(=O)CCCCCCC/C=C\C/C=C\CCCCC)OC(=O)CCC/C=C\C/C=C\C/C=C\C/C=C\CCCCC. The molecule has 0 aliphatic heterocycles. The molecule has 0 rings (SSSR count). The summed E-state index contributed by atoms with van der Waals surface area (Å²) in [5.41, 5.74) is 0. The maximum absolute atomic E-state index is 13.1. The van der Waals surface area contributed by atoms with Crippen LogP contribution in [-0.2, 0) is 65.4 Å². The molecule has 2 unspecified atom stereocenters. The average molecular weight is 1500 g/mol. The van der Waals surface area contributed by atoms with Gasteiger partial charge in [-0.15, -0.1) is 0 Å². The Morgan fingerprint density at radius 1 is 0.269 bits per heavy atom. The summed E-state index contributed by atoms with van der Waals surface area (Å²) in [6, 6.07) is 0. The average Bonchev–Trinajstić information content (AvgIpc) is 0.926. The minimum atomic E-state index is -5.01. The fourth-order valence-electron chi connectivity index (χ4n) is 10.1. The van der Waals surface area contributed by atoms with E-state index in [0.717, 1.165) is 141 Å². The van der Waals surface area contributed by atoms with Gasteiger partial charge in [0.2, 0.25) is 0 Å². The van der Waals surface area contributed by atoms with E-state index in [4.69, 9.17) is 37.0 Å². The Bertz CT molecular complexity index is 2540. The standard InChI is InChI=1S/C85H142O17P2/c1-5-9-13-17-21-25-29-33-37-39-43-46-50-54-58-62-66-70-83(88)96-76-81(102-85(90)72-68-64-60-56-52-48-44-40-38-34-30-26-22-18-14-10-6-2)78-100-104(93,94)98-74-79(86)73-97-103(91,92)99-77-80(101-84(89)71-67-63-59-55-51-47-42-36-32-28-24-20-16-12-8-4)75-95-82(87)69-65-61-57-53-49-45-41-35-31-27-23-19-15-11-7-3/h21-28,33-38,41-44,46,48,54,56,58,60,79-81,86H,5-20,29-32,39-40,45,47,49-53,55,57,59,61-78H2,1-4H3,(H,91,92)(H,93,94)/b25-21-,26-22-,27-23-,28-24-,37-33-,38-34-,41-35-,42-36-,46-43-,48-44-,58-54-,60-56-/t79-,80+,81+/m0/s1. The summed E-state index contributed by atoms with van der Waals surface area (Å²) in [4.78, 5) is 73.0. The van der Waals surface area contributed by atoms with Crippen LogP contribution in [0.25, 0.3) is 0 Å². The number of allylic oxidation sites excluding steroid dienone is 24. The number of hydrogen-bond acceptors (Lipinski definition) is 15. The molecule has 3 N–H and O–H groups in total. The van der Waals surface area contributed by atoms with Gasteiger partial charge in [0.25, 0.3) is 0 Å². The van der Waals surface area contributed by atoms with Gasteiger partial charge < -0.3 is 33.8 Å². The van der Waals surface area contributed by atoms with E-state index in [1.807, 2.05) is 24.3 Å². The highest BCUT2D eigenvalue weighted by atomic mass is 31.2. The van der Waals surface area contributed by atoms with Crippen molar-refractivity contribution in [1.82, 2.24) is 0 Å². The topological polar surface area (TPSA) is 237 Å². The molecule has 594 valence electrons. The molecule has 0 aromatic heterocycles. The summed E-state index contributed by atoms with van der Waals surface area (Å²) >= 11 is 0. The van der Waals surface area contributed by atoms with Gasteiger partial charge in [0.1, 0.15) is 19.3 Å². The Hall–Kier alpha value is -5.06. The Kier molecular flexibility index (Phi) is 72.4. The van der Waals surface area contributed by atoms with E-state index in [9.17, 15) is 43.2 Å². The number of phosphoric ester groups is 2. The first-order valence-electron chi connectivity index (χ1n) is 40.1. The third-order valence-corrected chi connectivity index (χ3v) is 18.1. The molecule has 0 spiro atoms. The second-order valence-corrected chi connectivity index (χ2v) is 29.2. The van der Waals surface area contributed by atoms with Gasteiger partial charge in [-0.25, -0.2) is 9.13 Å². The molecule has 17 nitrogen and oxygen atoms in total. The lowest BCUT2D eigenvalue weighted by molar-refractivity contribution is -0.161. The molecule has 0 aromatic rings. The normalized spacial score (nSPS) is 14.6. The number of carbonyl (C=O) groups is 4. The van der Waals surface area contributed by atoms with Gasteiger partial charge in [0.05, 0.1) is 26.4 Å². The highest BCUT2D eigenvalue weighted by Crippen LogP contribution is 2.45. The first-order valence-corrected chi connectivity index (χ1v) is 43.1. The molecular formula is C85H142O17P2. The third-order valence-electron chi connectivity index (χ3n) is 16.2. The number of unbranched alkanes of at least 4 members (excludes halogenated alkanes) is 24. The highest BCUT2D eigenvalue weighted by Gasteiger charge is 2.30. The molecule has 0 saturated heterocycles. The van der Waals surface area contributed by atoms with Crippen LogP contribution in [0.2, 0.25) is 0 Å². The molecule has 104 heavy (non-hydrogen) atoms. The molecule has 0 aromatic carbocycles. The zero-order chi connectivity index (χ0) is 76.0. The van der Waals surface area contributed by atoms with Crippen molar-refractivity contribution < 1.29 is 80.2 Å². The van der Waals surface area contributed by atoms with Crippen LogP contribution in [0, 0.1) is 0 Å². The lowest BCUT2D eigenvalue weighted by Gasteiger charge is -2.21. The Morgan fingerprint density at radius 2 is 0.481 bits per heavy atom. The summed E-state index contributed by atoms with van der Waals surface area (Å²) in [5.74, 6) is -2.34. The summed E-state index contributed by atoms with van der Waals surface area (Å²) in [7, 11) is -10.0. The number of aliphatic hydroxyl groups is 1. The summed E-state index contributed by atoms with van der Waals surface area (Å²) in [5, 5.41) is 10.6. The van der Waals surface area contributed by atoms with Crippen LogP contribution in [0.5, 0.6) is 0 Å². The number of rotatable bonds is 74. The van der Waals surface area contributed by atoms with E-state index in [1.54, 1.807) is 0 Å². The lowest BCUT2D eigenvalue weighted by atomic mass is 10.1. The number of aliphatic hydroxyl groups excluding tert-OH is 1. The van der Waals surface area contributed by atoms with Gasteiger partial charge in [0.15, 0.2) is 12.2 Å². The third kappa shape index (κ3) is 75.2. The molecule has 5 atom stereocenters. The van der Waals surface area contributed by atoms with Crippen LogP contribution in [0.1, 0.15) is 310 Å². The highest BCUT2D eigenvalue weighted by molar-refractivity contribution is 7.47. The molecular weight excluding hydrogens is 1350 g/mol. The van der Waals surface area contributed by atoms with Crippen molar-refractivity contribution >= 4 is 39.5 Å². The predicted molar refractivity (Wildman–Crippen MR) is 427 cm³/mol. The Morgan fingerprint density at radius 3 is 0.769 bits per heavy atom. The van der Waals surface area contributed by atoms with Crippen molar-refractivity contribution in [3.63, 3.8) is 0 Å². The van der Waals surface area contributed by atoms with Crippen molar-refractivity contribution in [3.05, 3.63) is 146 Å². The zero-order valence-corrected chi connectivity index (χ0v) is 66.7. The van der Waals surface area contributed by atoms with Gasteiger partial charge in [-0.3, -0.25) is 37.3 Å². The van der Waals surface area contributed by atoms with E-state index >= 15 is 0 Å². The number of phosphoric acid groups is 2. The molecule has 0 aliphatic rings. The smallest absolute Gasteiger partial charge is 0.462 e. The van der Waals surface area contributed by atoms with E-state index in [1.165, 1.54) is 77.0 Å². The quantitative estimate of drug-likeness (QED) is 0.0169. The maximum Gasteiger partial charge on any atom is 0.472 e. The van der Waals surface area contributed by atoms with E-state index in [-0.39, 0.29) is 25.7 Å². The zero-order valence-electron chi connectivity index (χ0n) is 64.9. The predicted octanol–water partition coefficient (Wildman–Crippen LogP) is 23.4. The first kappa shape index (κ1) is 98.9. The first-order chi connectivity index (χ1) is 50.7. The molecule has 19 heteroatoms. The monoisotopic (exact) mass is 1500 g/mol. The van der Waals surface area contributed by atoms with E-state index < -0.39 is 97.5 Å². The van der Waals surface area contributed by atoms with Crippen LogP contribution < -0.4 is 0 Å². The number of hydrogen-bond donors (Lipinski definition) is 3. The minimum Gasteiger partial charge on any atom is -0.462 e. The van der Waals surface area contributed by atoms with Crippen molar-refractivity contribution in [2.24, 2.45) is 0 Å². The second-order valence-electron chi connectivity index (χ2n) is 26.3. The minimum absolute atomic E-state index is 0.00287. The largest absolute Gasteiger partial charge is 0.472 e. The van der Waals surface area contributed by atoms with Gasteiger partial charge in [0, 0.05) is 25.7 Å². The van der Waals surface area contributed by atoms with Crippen LogP contribution >= 0.6 is 15.6 Å². The van der Waals surface area contributed by atoms with Crippen LogP contribution in [0.15, 0.2) is 146 Å². The van der Waals surface area contributed by atoms with Crippen molar-refractivity contribution in [2.75, 3.05) is 39.6 Å². The van der Waals surface area contributed by atoms with Crippen LogP contribution in [0.3, 0.4) is 0 Å². The van der Waals surface area contributed by atoms with Crippen molar-refractivity contribution in [1.29, 1.82) is 0 Å². The molecule has 0 fully saturated rings. The molecule has 0 aliphatic carbocycles. The van der Waals surface area contributed by atoms with Crippen LogP contribution in [-0.4, -0.2) is 96.7 Å². The molecule has 0 bridgehead atoms. The van der Waals surface area contributed by atoms with E-state index in [2.05, 4.69) is 149 Å². The second kappa shape index (κ2) is 76.1. The van der Waals surface area contributed by atoms with Gasteiger partial charge >= 0.3 is 39.5 Å². The number of ether oxygens (including phenoxy) is 4. The Balaban J connectivity index is 5.50. The Labute approximate surface area is 630 Å².